The summed E-state index contributed by atoms with van der Waals surface area (Å²) in [5.41, 5.74) is -0.670. The summed E-state index contributed by atoms with van der Waals surface area (Å²) in [6.45, 7) is -0.296. The van der Waals surface area contributed by atoms with Crippen LogP contribution in [0.2, 0.25) is 8.67 Å². The molecular formula is C12H8Cl2F3NO2S2. The Labute approximate surface area is 138 Å². The first kappa shape index (κ1) is 17.6. The zero-order valence-electron chi connectivity index (χ0n) is 10.6. The maximum absolute atomic E-state index is 12.6. The quantitative estimate of drug-likeness (QED) is 0.833. The minimum Gasteiger partial charge on any atom is -0.207 e. The van der Waals surface area contributed by atoms with Crippen LogP contribution in [0, 0.1) is 0 Å². The lowest BCUT2D eigenvalue weighted by molar-refractivity contribution is -0.137. The Hall–Kier alpha value is -0.800. The van der Waals surface area contributed by atoms with Crippen molar-refractivity contribution in [1.82, 2.24) is 4.72 Å². The van der Waals surface area contributed by atoms with Gasteiger partial charge in [-0.05, 0) is 17.7 Å². The zero-order chi connectivity index (χ0) is 16.5. The van der Waals surface area contributed by atoms with E-state index in [0.717, 1.165) is 23.5 Å². The Morgan fingerprint density at radius 2 is 1.86 bits per heavy atom. The van der Waals surface area contributed by atoms with Gasteiger partial charge >= 0.3 is 6.18 Å². The molecule has 0 radical (unpaired) electrons. The summed E-state index contributed by atoms with van der Waals surface area (Å²) in [5, 5.41) is 0. The third kappa shape index (κ3) is 4.14. The first-order chi connectivity index (χ1) is 10.1. The van der Waals surface area contributed by atoms with Crippen LogP contribution in [0.4, 0.5) is 13.2 Å². The van der Waals surface area contributed by atoms with E-state index in [1.807, 2.05) is 0 Å². The van der Waals surface area contributed by atoms with Gasteiger partial charge in [0.05, 0.1) is 9.90 Å². The number of thiophene rings is 1. The fraction of sp³-hybridized carbons (Fsp3) is 0.167. The van der Waals surface area contributed by atoms with Crippen molar-refractivity contribution in [2.45, 2.75) is 17.6 Å². The van der Waals surface area contributed by atoms with Crippen LogP contribution >= 0.6 is 34.5 Å². The average Bonchev–Trinajstić information content (AvgIpc) is 2.76. The number of rotatable bonds is 4. The second-order valence-electron chi connectivity index (χ2n) is 4.21. The van der Waals surface area contributed by atoms with Crippen molar-refractivity contribution in [3.63, 3.8) is 0 Å². The van der Waals surface area contributed by atoms with E-state index in [4.69, 9.17) is 23.2 Å². The fourth-order valence-corrected chi connectivity index (χ4v) is 4.79. The minimum absolute atomic E-state index is 0.0125. The molecule has 1 aromatic heterocycles. The van der Waals surface area contributed by atoms with Gasteiger partial charge in [-0.3, -0.25) is 0 Å². The molecular weight excluding hydrogens is 382 g/mol. The monoisotopic (exact) mass is 389 g/mol. The largest absolute Gasteiger partial charge is 0.416 e. The number of benzene rings is 1. The molecule has 0 saturated carbocycles. The molecule has 0 spiro atoms. The van der Waals surface area contributed by atoms with Gasteiger partial charge in [0.1, 0.15) is 9.23 Å². The number of hydrogen-bond donors (Lipinski definition) is 1. The molecule has 0 aliphatic rings. The Morgan fingerprint density at radius 1 is 1.18 bits per heavy atom. The molecule has 0 fully saturated rings. The first-order valence-electron chi connectivity index (χ1n) is 5.70. The van der Waals surface area contributed by atoms with Crippen LogP contribution in [0.3, 0.4) is 0 Å². The van der Waals surface area contributed by atoms with E-state index in [9.17, 15) is 21.6 Å². The molecule has 2 aromatic rings. The second kappa shape index (κ2) is 6.37. The molecule has 3 nitrogen and oxygen atoms in total. The topological polar surface area (TPSA) is 46.2 Å². The van der Waals surface area contributed by atoms with Crippen molar-refractivity contribution in [1.29, 1.82) is 0 Å². The second-order valence-corrected chi connectivity index (χ2v) is 8.23. The van der Waals surface area contributed by atoms with E-state index in [1.165, 1.54) is 18.2 Å². The molecule has 22 heavy (non-hydrogen) atoms. The highest BCUT2D eigenvalue weighted by atomic mass is 35.5. The van der Waals surface area contributed by atoms with E-state index in [0.29, 0.717) is 0 Å². The number of alkyl halides is 3. The van der Waals surface area contributed by atoms with Gasteiger partial charge in [-0.1, -0.05) is 41.4 Å². The van der Waals surface area contributed by atoms with Gasteiger partial charge in [0.15, 0.2) is 0 Å². The van der Waals surface area contributed by atoms with Gasteiger partial charge in [-0.2, -0.15) is 13.2 Å². The molecule has 10 heteroatoms. The van der Waals surface area contributed by atoms with Gasteiger partial charge in [0.2, 0.25) is 10.0 Å². The van der Waals surface area contributed by atoms with Crippen molar-refractivity contribution < 1.29 is 21.6 Å². The third-order valence-electron chi connectivity index (χ3n) is 2.64. The van der Waals surface area contributed by atoms with Crippen LogP contribution in [0.5, 0.6) is 0 Å². The maximum atomic E-state index is 12.6. The predicted molar refractivity (Wildman–Crippen MR) is 79.8 cm³/mol. The van der Waals surface area contributed by atoms with Crippen molar-refractivity contribution in [3.05, 3.63) is 50.1 Å². The van der Waals surface area contributed by atoms with Gasteiger partial charge in [-0.15, -0.1) is 11.3 Å². The standard InChI is InChI=1S/C12H8Cl2F3NO2S2/c13-10-5-9(11(14)21-10)22(19,20)18-6-7-2-1-3-8(4-7)12(15,16)17/h1-5,18H,6H2. The lowest BCUT2D eigenvalue weighted by Crippen LogP contribution is -2.23. The van der Waals surface area contributed by atoms with Crippen LogP contribution in [0.1, 0.15) is 11.1 Å². The Balaban J connectivity index is 2.18. The lowest BCUT2D eigenvalue weighted by atomic mass is 10.1. The molecule has 2 rings (SSSR count). The van der Waals surface area contributed by atoms with Gasteiger partial charge in [-0.25, -0.2) is 13.1 Å². The molecule has 0 aliphatic heterocycles. The highest BCUT2D eigenvalue weighted by molar-refractivity contribution is 7.89. The maximum Gasteiger partial charge on any atom is 0.416 e. The van der Waals surface area contributed by atoms with E-state index in [-0.39, 0.29) is 25.7 Å². The smallest absolute Gasteiger partial charge is 0.207 e. The molecule has 0 atom stereocenters. The molecule has 1 heterocycles. The Kier molecular flexibility index (Phi) is 5.08. The molecule has 0 bridgehead atoms. The zero-order valence-corrected chi connectivity index (χ0v) is 13.8. The Bertz CT molecular complexity index is 788. The van der Waals surface area contributed by atoms with E-state index in [2.05, 4.69) is 4.72 Å². The predicted octanol–water partition coefficient (Wildman–Crippen LogP) is 4.55. The lowest BCUT2D eigenvalue weighted by Gasteiger charge is -2.09. The molecule has 1 N–H and O–H groups in total. The number of sulfonamides is 1. The summed E-state index contributed by atoms with van der Waals surface area (Å²) in [6, 6.07) is 5.57. The summed E-state index contributed by atoms with van der Waals surface area (Å²) in [7, 11) is -3.95. The SMILES string of the molecule is O=S(=O)(NCc1cccc(C(F)(F)F)c1)c1cc(Cl)sc1Cl. The van der Waals surface area contributed by atoms with Gasteiger partial charge in [0.25, 0.3) is 0 Å². The van der Waals surface area contributed by atoms with Crippen molar-refractivity contribution >= 4 is 44.6 Å². The number of halogens is 5. The van der Waals surface area contributed by atoms with Gasteiger partial charge < -0.3 is 0 Å². The summed E-state index contributed by atoms with van der Waals surface area (Å²) < 4.78 is 64.3. The van der Waals surface area contributed by atoms with E-state index >= 15 is 0 Å². The molecule has 0 amide bonds. The highest BCUT2D eigenvalue weighted by Gasteiger charge is 2.30. The fourth-order valence-electron chi connectivity index (χ4n) is 1.62. The summed E-state index contributed by atoms with van der Waals surface area (Å²) in [4.78, 5) is -0.198. The first-order valence-corrected chi connectivity index (χ1v) is 8.76. The summed E-state index contributed by atoms with van der Waals surface area (Å²) >= 11 is 12.3. The van der Waals surface area contributed by atoms with Crippen LogP contribution in [0.25, 0.3) is 0 Å². The number of nitrogens with one attached hydrogen (secondary N) is 1. The third-order valence-corrected chi connectivity index (χ3v) is 5.79. The molecule has 0 saturated heterocycles. The normalized spacial score (nSPS) is 12.6. The highest BCUT2D eigenvalue weighted by Crippen LogP contribution is 2.34. The van der Waals surface area contributed by atoms with Crippen LogP contribution in [-0.4, -0.2) is 8.42 Å². The molecule has 0 aliphatic carbocycles. The van der Waals surface area contributed by atoms with Crippen molar-refractivity contribution in [3.8, 4) is 0 Å². The van der Waals surface area contributed by atoms with E-state index in [1.54, 1.807) is 0 Å². The molecule has 0 unspecified atom stereocenters. The Morgan fingerprint density at radius 3 is 2.41 bits per heavy atom. The van der Waals surface area contributed by atoms with Crippen LogP contribution in [-0.2, 0) is 22.7 Å². The van der Waals surface area contributed by atoms with Crippen molar-refractivity contribution in [2.75, 3.05) is 0 Å². The molecule has 120 valence electrons. The average molecular weight is 390 g/mol. The van der Waals surface area contributed by atoms with Crippen LogP contribution < -0.4 is 4.72 Å². The minimum atomic E-state index is -4.49. The molecule has 1 aromatic carbocycles. The summed E-state index contributed by atoms with van der Waals surface area (Å²) in [6.07, 6.45) is -4.49. The van der Waals surface area contributed by atoms with Crippen LogP contribution in [0.15, 0.2) is 35.2 Å². The van der Waals surface area contributed by atoms with Gasteiger partial charge in [0, 0.05) is 6.54 Å². The summed E-state index contributed by atoms with van der Waals surface area (Å²) in [5.74, 6) is 0. The number of hydrogen-bond acceptors (Lipinski definition) is 3. The van der Waals surface area contributed by atoms with E-state index < -0.39 is 21.8 Å². The van der Waals surface area contributed by atoms with Crippen molar-refractivity contribution in [2.24, 2.45) is 0 Å².